The van der Waals surface area contributed by atoms with Crippen molar-refractivity contribution in [2.24, 2.45) is 0 Å². The number of amides is 1. The van der Waals surface area contributed by atoms with Gasteiger partial charge in [0.05, 0.1) is 13.1 Å². The van der Waals surface area contributed by atoms with Crippen LogP contribution in [0.3, 0.4) is 0 Å². The monoisotopic (exact) mass is 374 g/mol. The van der Waals surface area contributed by atoms with Crippen molar-refractivity contribution in [3.63, 3.8) is 0 Å². The van der Waals surface area contributed by atoms with Crippen LogP contribution in [0.2, 0.25) is 0 Å². The molecule has 19 heavy (non-hydrogen) atoms. The van der Waals surface area contributed by atoms with E-state index in [2.05, 4.69) is 34.5 Å². The van der Waals surface area contributed by atoms with Gasteiger partial charge in [-0.05, 0) is 40.8 Å². The normalized spacial score (nSPS) is 10.2. The van der Waals surface area contributed by atoms with Crippen LogP contribution in [0.5, 0.6) is 0 Å². The first-order valence-electron chi connectivity index (χ1n) is 5.61. The van der Waals surface area contributed by atoms with Crippen LogP contribution in [0, 0.1) is 3.57 Å². The van der Waals surface area contributed by atoms with E-state index in [4.69, 9.17) is 5.11 Å². The molecule has 6 heteroatoms. The number of benzene rings is 1. The summed E-state index contributed by atoms with van der Waals surface area (Å²) in [6.45, 7) is 3.73. The third-order valence-corrected chi connectivity index (χ3v) is 2.89. The lowest BCUT2D eigenvalue weighted by atomic mass is 10.3. The molecule has 0 heterocycles. The molecule has 1 rings (SSSR count). The van der Waals surface area contributed by atoms with Crippen LogP contribution in [0.4, 0.5) is 5.69 Å². The molecular weight excluding hydrogens is 359 g/mol. The second-order valence-electron chi connectivity index (χ2n) is 3.91. The van der Waals surface area contributed by atoms with Crippen molar-refractivity contribution in [2.45, 2.75) is 0 Å². The molecule has 1 aromatic rings. The summed E-state index contributed by atoms with van der Waals surface area (Å²) >= 11 is 2.15. The molecule has 0 radical (unpaired) electrons. The number of nitrogens with zero attached hydrogens (tertiary/aromatic N) is 1. The van der Waals surface area contributed by atoms with Crippen molar-refractivity contribution in [1.82, 2.24) is 4.90 Å². The Morgan fingerprint density at radius 1 is 1.42 bits per heavy atom. The van der Waals surface area contributed by atoms with Crippen LogP contribution in [0.1, 0.15) is 0 Å². The first-order valence-corrected chi connectivity index (χ1v) is 6.69. The minimum Gasteiger partial charge on any atom is -0.480 e. The fourth-order valence-electron chi connectivity index (χ4n) is 1.53. The van der Waals surface area contributed by atoms with Crippen LogP contribution in [0.15, 0.2) is 36.9 Å². The van der Waals surface area contributed by atoms with E-state index in [1.807, 2.05) is 18.2 Å². The standard InChI is InChI=1S/C13H15IN2O3/c1-2-6-16(9-13(18)19)8-12(17)15-11-5-3-4-10(14)7-11/h2-5,7H,1,6,8-9H2,(H,15,17)(H,18,19). The fourth-order valence-corrected chi connectivity index (χ4v) is 2.07. The lowest BCUT2D eigenvalue weighted by Gasteiger charge is -2.17. The van der Waals surface area contributed by atoms with E-state index in [1.54, 1.807) is 12.1 Å². The summed E-state index contributed by atoms with van der Waals surface area (Å²) in [6.07, 6.45) is 1.57. The van der Waals surface area contributed by atoms with Gasteiger partial charge < -0.3 is 10.4 Å². The van der Waals surface area contributed by atoms with Gasteiger partial charge in [-0.3, -0.25) is 14.5 Å². The maximum absolute atomic E-state index is 11.8. The number of carbonyl (C=O) groups excluding carboxylic acids is 1. The number of hydrogen-bond donors (Lipinski definition) is 2. The molecule has 1 amide bonds. The Kier molecular flexibility index (Phi) is 6.51. The van der Waals surface area contributed by atoms with Crippen LogP contribution in [0.25, 0.3) is 0 Å². The van der Waals surface area contributed by atoms with Crippen molar-refractivity contribution in [1.29, 1.82) is 0 Å². The Morgan fingerprint density at radius 2 is 2.16 bits per heavy atom. The molecule has 0 bridgehead atoms. The molecule has 0 unspecified atom stereocenters. The maximum atomic E-state index is 11.8. The van der Waals surface area contributed by atoms with Crippen LogP contribution >= 0.6 is 22.6 Å². The summed E-state index contributed by atoms with van der Waals surface area (Å²) in [5.74, 6) is -1.21. The average molecular weight is 374 g/mol. The van der Waals surface area contributed by atoms with Gasteiger partial charge in [0.25, 0.3) is 0 Å². The van der Waals surface area contributed by atoms with Crippen molar-refractivity contribution >= 4 is 40.2 Å². The predicted octanol–water partition coefficient (Wildman–Crippen LogP) is 1.80. The number of carboxylic acids is 1. The van der Waals surface area contributed by atoms with E-state index in [0.29, 0.717) is 12.2 Å². The van der Waals surface area contributed by atoms with Gasteiger partial charge in [0.1, 0.15) is 0 Å². The summed E-state index contributed by atoms with van der Waals surface area (Å²) in [5.41, 5.74) is 0.700. The van der Waals surface area contributed by atoms with Crippen molar-refractivity contribution < 1.29 is 14.7 Å². The number of nitrogens with one attached hydrogen (secondary N) is 1. The molecule has 0 aliphatic heterocycles. The van der Waals surface area contributed by atoms with Crippen LogP contribution in [-0.4, -0.2) is 41.5 Å². The van der Waals surface area contributed by atoms with Gasteiger partial charge in [0.2, 0.25) is 5.91 Å². The Labute approximate surface area is 125 Å². The van der Waals surface area contributed by atoms with Crippen LogP contribution < -0.4 is 5.32 Å². The number of aliphatic carboxylic acids is 1. The van der Waals surface area contributed by atoms with E-state index in [-0.39, 0.29) is 19.0 Å². The van der Waals surface area contributed by atoms with Gasteiger partial charge in [-0.15, -0.1) is 6.58 Å². The van der Waals surface area contributed by atoms with Gasteiger partial charge in [-0.1, -0.05) is 12.1 Å². The zero-order valence-electron chi connectivity index (χ0n) is 10.3. The van der Waals surface area contributed by atoms with E-state index >= 15 is 0 Å². The van der Waals surface area contributed by atoms with Gasteiger partial charge in [0.15, 0.2) is 0 Å². The van der Waals surface area contributed by atoms with Gasteiger partial charge in [0, 0.05) is 15.8 Å². The van der Waals surface area contributed by atoms with Gasteiger partial charge in [-0.25, -0.2) is 0 Å². The largest absolute Gasteiger partial charge is 0.480 e. The Balaban J connectivity index is 2.57. The molecule has 0 aliphatic carbocycles. The average Bonchev–Trinajstić information content (AvgIpc) is 2.27. The molecule has 0 atom stereocenters. The molecule has 0 saturated heterocycles. The molecule has 2 N–H and O–H groups in total. The molecule has 0 fully saturated rings. The third-order valence-electron chi connectivity index (χ3n) is 2.22. The zero-order chi connectivity index (χ0) is 14.3. The molecule has 0 aliphatic rings. The van der Waals surface area contributed by atoms with Crippen molar-refractivity contribution in [3.8, 4) is 0 Å². The highest BCUT2D eigenvalue weighted by atomic mass is 127. The first-order chi connectivity index (χ1) is 9.01. The van der Waals surface area contributed by atoms with E-state index in [1.165, 1.54) is 4.90 Å². The molecule has 0 saturated carbocycles. The topological polar surface area (TPSA) is 69.6 Å². The summed E-state index contributed by atoms with van der Waals surface area (Å²) in [6, 6.07) is 7.39. The quantitative estimate of drug-likeness (QED) is 0.564. The minimum atomic E-state index is -0.969. The maximum Gasteiger partial charge on any atom is 0.317 e. The number of hydrogen-bond acceptors (Lipinski definition) is 3. The Hall–Kier alpha value is -1.41. The molecule has 102 valence electrons. The summed E-state index contributed by atoms with van der Waals surface area (Å²) < 4.78 is 1.02. The van der Waals surface area contributed by atoms with Crippen molar-refractivity contribution in [2.75, 3.05) is 25.0 Å². The third kappa shape index (κ3) is 6.35. The van der Waals surface area contributed by atoms with E-state index in [9.17, 15) is 9.59 Å². The SMILES string of the molecule is C=CCN(CC(=O)O)CC(=O)Nc1cccc(I)c1. The summed E-state index contributed by atoms with van der Waals surface area (Å²) in [7, 11) is 0. The predicted molar refractivity (Wildman–Crippen MR) is 82.1 cm³/mol. The molecule has 0 aromatic heterocycles. The number of rotatable bonds is 7. The van der Waals surface area contributed by atoms with Crippen LogP contribution in [-0.2, 0) is 9.59 Å². The lowest BCUT2D eigenvalue weighted by molar-refractivity contribution is -0.138. The fraction of sp³-hybridized carbons (Fsp3) is 0.231. The minimum absolute atomic E-state index is 0.0177. The number of halogens is 1. The highest BCUT2D eigenvalue weighted by molar-refractivity contribution is 14.1. The first kappa shape index (κ1) is 15.6. The summed E-state index contributed by atoms with van der Waals surface area (Å²) in [4.78, 5) is 24.0. The highest BCUT2D eigenvalue weighted by Crippen LogP contribution is 2.12. The highest BCUT2D eigenvalue weighted by Gasteiger charge is 2.12. The molecule has 5 nitrogen and oxygen atoms in total. The number of carbonyl (C=O) groups is 2. The lowest BCUT2D eigenvalue weighted by Crippen LogP contribution is -2.37. The Bertz CT molecular complexity index is 477. The second-order valence-corrected chi connectivity index (χ2v) is 5.16. The zero-order valence-corrected chi connectivity index (χ0v) is 12.5. The molecular formula is C13H15IN2O3. The van der Waals surface area contributed by atoms with Gasteiger partial charge >= 0.3 is 5.97 Å². The van der Waals surface area contributed by atoms with E-state index in [0.717, 1.165) is 3.57 Å². The number of carboxylic acid groups (broad SMARTS) is 1. The Morgan fingerprint density at radius 3 is 2.74 bits per heavy atom. The molecule has 0 spiro atoms. The smallest absolute Gasteiger partial charge is 0.317 e. The van der Waals surface area contributed by atoms with Gasteiger partial charge in [-0.2, -0.15) is 0 Å². The molecule has 1 aromatic carbocycles. The summed E-state index contributed by atoms with van der Waals surface area (Å²) in [5, 5.41) is 11.5. The second kappa shape index (κ2) is 7.90. The van der Waals surface area contributed by atoms with E-state index < -0.39 is 5.97 Å². The van der Waals surface area contributed by atoms with Crippen molar-refractivity contribution in [3.05, 3.63) is 40.5 Å². The number of anilines is 1.